The number of amides is 1. The van der Waals surface area contributed by atoms with Gasteiger partial charge in [-0.2, -0.15) is 4.37 Å². The molecule has 1 aromatic heterocycles. The number of carbonyl (C=O) groups is 1. The normalized spacial score (nSPS) is 15.7. The van der Waals surface area contributed by atoms with Crippen LogP contribution in [-0.2, 0) is 10.8 Å². The minimum Gasteiger partial charge on any atom is -0.368 e. The topological polar surface area (TPSA) is 36.4 Å². The number of halogens is 2. The molecule has 0 atom stereocenters. The first-order valence-electron chi connectivity index (χ1n) is 9.89. The van der Waals surface area contributed by atoms with Crippen LogP contribution in [0.5, 0.6) is 0 Å². The zero-order chi connectivity index (χ0) is 21.6. The fourth-order valence-electron chi connectivity index (χ4n) is 3.37. The van der Waals surface area contributed by atoms with Crippen molar-refractivity contribution in [1.82, 2.24) is 9.27 Å². The molecule has 2 heterocycles. The predicted octanol–water partition coefficient (Wildman–Crippen LogP) is 6.01. The zero-order valence-corrected chi connectivity index (χ0v) is 20.3. The molecule has 0 saturated carbocycles. The van der Waals surface area contributed by atoms with Crippen molar-refractivity contribution in [1.29, 1.82) is 0 Å². The molecule has 0 aliphatic carbocycles. The summed E-state index contributed by atoms with van der Waals surface area (Å²) in [6.45, 7) is 16.3. The first-order chi connectivity index (χ1) is 13.4. The highest BCUT2D eigenvalue weighted by atomic mass is 35.5. The smallest absolute Gasteiger partial charge is 0.275 e. The van der Waals surface area contributed by atoms with Crippen molar-refractivity contribution in [2.24, 2.45) is 0 Å². The first kappa shape index (κ1) is 22.4. The Morgan fingerprint density at radius 3 is 1.86 bits per heavy atom. The molecule has 158 valence electrons. The van der Waals surface area contributed by atoms with Gasteiger partial charge in [0.05, 0.1) is 0 Å². The lowest BCUT2D eigenvalue weighted by atomic mass is 9.80. The highest BCUT2D eigenvalue weighted by Crippen LogP contribution is 2.34. The van der Waals surface area contributed by atoms with Crippen LogP contribution in [0.4, 0.5) is 5.69 Å². The van der Waals surface area contributed by atoms with Gasteiger partial charge in [-0.3, -0.25) is 4.79 Å². The van der Waals surface area contributed by atoms with Gasteiger partial charge < -0.3 is 9.80 Å². The summed E-state index contributed by atoms with van der Waals surface area (Å²) in [6, 6.07) is 6.92. The minimum atomic E-state index is -0.142. The highest BCUT2D eigenvalue weighted by Gasteiger charge is 2.28. The largest absolute Gasteiger partial charge is 0.368 e. The quantitative estimate of drug-likeness (QED) is 0.558. The molecular weight excluding hydrogens is 425 g/mol. The Morgan fingerprint density at radius 1 is 0.931 bits per heavy atom. The van der Waals surface area contributed by atoms with E-state index in [0.717, 1.165) is 24.6 Å². The zero-order valence-electron chi connectivity index (χ0n) is 18.0. The van der Waals surface area contributed by atoms with Gasteiger partial charge in [-0.15, -0.1) is 0 Å². The number of piperazine rings is 1. The van der Waals surface area contributed by atoms with Crippen LogP contribution >= 0.6 is 34.7 Å². The van der Waals surface area contributed by atoms with Crippen molar-refractivity contribution in [2.75, 3.05) is 31.1 Å². The van der Waals surface area contributed by atoms with E-state index in [4.69, 9.17) is 23.2 Å². The van der Waals surface area contributed by atoms with Crippen molar-refractivity contribution in [3.63, 3.8) is 0 Å². The third kappa shape index (κ3) is 4.89. The summed E-state index contributed by atoms with van der Waals surface area (Å²) in [5, 5.41) is 0.261. The lowest BCUT2D eigenvalue weighted by Crippen LogP contribution is -2.49. The number of aromatic nitrogens is 1. The molecule has 2 aromatic rings. The molecule has 1 amide bonds. The Balaban J connectivity index is 1.80. The number of carbonyl (C=O) groups excluding carboxylic acids is 1. The van der Waals surface area contributed by atoms with Crippen LogP contribution in [0.15, 0.2) is 18.2 Å². The number of hydrogen-bond donors (Lipinski definition) is 0. The summed E-state index contributed by atoms with van der Waals surface area (Å²) < 4.78 is 4.48. The molecule has 0 spiro atoms. The van der Waals surface area contributed by atoms with Gasteiger partial charge in [0.1, 0.15) is 9.36 Å². The Bertz CT molecular complexity index is 872. The fraction of sp³-hybridized carbons (Fsp3) is 0.545. The van der Waals surface area contributed by atoms with Crippen LogP contribution in [0.1, 0.15) is 63.2 Å². The van der Waals surface area contributed by atoms with E-state index in [-0.39, 0.29) is 27.5 Å². The molecular formula is C22H29Cl2N3OS. The van der Waals surface area contributed by atoms with E-state index in [1.165, 1.54) is 16.8 Å². The average Bonchev–Trinajstić information content (AvgIpc) is 2.98. The van der Waals surface area contributed by atoms with E-state index in [9.17, 15) is 4.79 Å². The Morgan fingerprint density at radius 2 is 1.45 bits per heavy atom. The molecule has 1 aromatic carbocycles. The lowest BCUT2D eigenvalue weighted by molar-refractivity contribution is 0.0742. The summed E-state index contributed by atoms with van der Waals surface area (Å²) in [6.07, 6.45) is 0. The molecule has 4 nitrogen and oxygen atoms in total. The minimum absolute atomic E-state index is 0.0778. The fourth-order valence-corrected chi connectivity index (χ4v) is 4.36. The number of rotatable bonds is 2. The van der Waals surface area contributed by atoms with Gasteiger partial charge in [0.2, 0.25) is 0 Å². The van der Waals surface area contributed by atoms with Gasteiger partial charge in [0.25, 0.3) is 5.91 Å². The monoisotopic (exact) mass is 453 g/mol. The molecule has 1 fully saturated rings. The predicted molar refractivity (Wildman–Crippen MR) is 124 cm³/mol. The van der Waals surface area contributed by atoms with Crippen molar-refractivity contribution in [3.05, 3.63) is 44.4 Å². The van der Waals surface area contributed by atoms with Gasteiger partial charge in [0.15, 0.2) is 5.69 Å². The molecule has 0 bridgehead atoms. The summed E-state index contributed by atoms with van der Waals surface area (Å²) >= 11 is 13.1. The van der Waals surface area contributed by atoms with Gasteiger partial charge in [-0.25, -0.2) is 0 Å². The Kier molecular flexibility index (Phi) is 6.24. The van der Waals surface area contributed by atoms with E-state index in [2.05, 4.69) is 69.0 Å². The van der Waals surface area contributed by atoms with E-state index in [1.54, 1.807) is 0 Å². The van der Waals surface area contributed by atoms with Crippen molar-refractivity contribution in [3.8, 4) is 0 Å². The van der Waals surface area contributed by atoms with E-state index in [0.29, 0.717) is 17.4 Å². The molecule has 1 aliphatic heterocycles. The number of nitrogens with zero attached hydrogens (tertiary/aromatic N) is 3. The van der Waals surface area contributed by atoms with E-state index in [1.807, 2.05) is 4.90 Å². The summed E-state index contributed by atoms with van der Waals surface area (Å²) in [4.78, 5) is 16.9. The van der Waals surface area contributed by atoms with Crippen LogP contribution in [0.3, 0.4) is 0 Å². The third-order valence-electron chi connectivity index (χ3n) is 5.38. The van der Waals surface area contributed by atoms with Gasteiger partial charge in [-0.1, -0.05) is 70.8 Å². The maximum Gasteiger partial charge on any atom is 0.275 e. The second-order valence-electron chi connectivity index (χ2n) is 9.67. The van der Waals surface area contributed by atoms with Crippen LogP contribution in [-0.4, -0.2) is 41.4 Å². The molecule has 7 heteroatoms. The van der Waals surface area contributed by atoms with Crippen molar-refractivity contribution >= 4 is 46.3 Å². The standard InChI is InChI=1S/C22H29Cl2N3OS/c1-21(2,3)14-11-15(22(4,5)6)13-16(12-14)26-7-9-27(10-8-26)20(28)18-17(23)19(24)29-25-18/h11-13H,7-10H2,1-6H3. The van der Waals surface area contributed by atoms with Crippen molar-refractivity contribution in [2.45, 2.75) is 52.4 Å². The van der Waals surface area contributed by atoms with Crippen LogP contribution in [0.2, 0.25) is 9.36 Å². The van der Waals surface area contributed by atoms with Gasteiger partial charge in [-0.05, 0) is 45.6 Å². The van der Waals surface area contributed by atoms with Gasteiger partial charge in [0, 0.05) is 31.9 Å². The average molecular weight is 454 g/mol. The molecule has 29 heavy (non-hydrogen) atoms. The third-order valence-corrected chi connectivity index (χ3v) is 6.99. The van der Waals surface area contributed by atoms with Crippen molar-refractivity contribution < 1.29 is 4.79 Å². The second-order valence-corrected chi connectivity index (χ2v) is 11.4. The second kappa shape index (κ2) is 8.09. The van der Waals surface area contributed by atoms with Crippen LogP contribution in [0.25, 0.3) is 0 Å². The van der Waals surface area contributed by atoms with E-state index < -0.39 is 0 Å². The molecule has 1 aliphatic rings. The highest BCUT2D eigenvalue weighted by molar-refractivity contribution is 7.11. The lowest BCUT2D eigenvalue weighted by Gasteiger charge is -2.37. The van der Waals surface area contributed by atoms with E-state index >= 15 is 0 Å². The summed E-state index contributed by atoms with van der Waals surface area (Å²) in [7, 11) is 0. The Hall–Kier alpha value is -1.30. The molecule has 0 N–H and O–H groups in total. The molecule has 3 rings (SSSR count). The summed E-state index contributed by atoms with van der Waals surface area (Å²) in [5.74, 6) is -0.142. The molecule has 0 radical (unpaired) electrons. The number of hydrogen-bond acceptors (Lipinski definition) is 4. The first-order valence-corrected chi connectivity index (χ1v) is 11.4. The SMILES string of the molecule is CC(C)(C)c1cc(N2CCN(C(=O)c3nsc(Cl)c3Cl)CC2)cc(C(C)(C)C)c1. The Labute approximate surface area is 188 Å². The number of benzene rings is 1. The molecule has 0 unspecified atom stereocenters. The summed E-state index contributed by atoms with van der Waals surface area (Å²) in [5.41, 5.74) is 4.32. The number of anilines is 1. The maximum absolute atomic E-state index is 12.8. The molecule has 1 saturated heterocycles. The van der Waals surface area contributed by atoms with Gasteiger partial charge >= 0.3 is 0 Å². The van der Waals surface area contributed by atoms with Crippen LogP contribution < -0.4 is 4.90 Å². The van der Waals surface area contributed by atoms with Crippen LogP contribution in [0, 0.1) is 0 Å². The maximum atomic E-state index is 12.8.